The van der Waals surface area contributed by atoms with Crippen molar-refractivity contribution in [3.05, 3.63) is 54.5 Å². The third-order valence-electron chi connectivity index (χ3n) is 2.87. The van der Waals surface area contributed by atoms with E-state index in [1.165, 1.54) is 18.5 Å². The molecule has 0 atom stereocenters. The zero-order chi connectivity index (χ0) is 13.5. The molecule has 0 saturated heterocycles. The number of hydrogen-bond acceptors (Lipinski definition) is 2. The Balaban J connectivity index is 2.22. The summed E-state index contributed by atoms with van der Waals surface area (Å²) in [6, 6.07) is 7.12. The van der Waals surface area contributed by atoms with Gasteiger partial charge in [0.05, 0.1) is 29.2 Å². The quantitative estimate of drug-likeness (QED) is 0.673. The predicted octanol–water partition coefficient (Wildman–Crippen LogP) is 3.44. The molecule has 6 heteroatoms. The van der Waals surface area contributed by atoms with E-state index >= 15 is 0 Å². The number of benzene rings is 1. The van der Waals surface area contributed by atoms with E-state index in [1.807, 2.05) is 0 Å². The predicted molar refractivity (Wildman–Crippen MR) is 63.9 cm³/mol. The first kappa shape index (κ1) is 11.7. The van der Waals surface area contributed by atoms with E-state index in [9.17, 15) is 13.2 Å². The fraction of sp³-hybridized carbons (Fsp3) is 0.0769. The minimum absolute atomic E-state index is 0.489. The molecule has 0 fully saturated rings. The second-order valence-electron chi connectivity index (χ2n) is 4.06. The van der Waals surface area contributed by atoms with Gasteiger partial charge in [0.2, 0.25) is 0 Å². The Bertz CT molecular complexity index is 717. The first-order valence-electron chi connectivity index (χ1n) is 5.51. The van der Waals surface area contributed by atoms with Gasteiger partial charge in [-0.05, 0) is 29.7 Å². The van der Waals surface area contributed by atoms with Gasteiger partial charge in [-0.3, -0.25) is 0 Å². The lowest BCUT2D eigenvalue weighted by Gasteiger charge is -2.08. The Morgan fingerprint density at radius 3 is 2.53 bits per heavy atom. The van der Waals surface area contributed by atoms with Crippen LogP contribution in [0.1, 0.15) is 5.56 Å². The van der Waals surface area contributed by atoms with Gasteiger partial charge in [0, 0.05) is 6.20 Å². The van der Waals surface area contributed by atoms with E-state index in [1.54, 1.807) is 22.9 Å². The summed E-state index contributed by atoms with van der Waals surface area (Å²) < 4.78 is 39.8. The zero-order valence-corrected chi connectivity index (χ0v) is 9.59. The second kappa shape index (κ2) is 4.08. The third kappa shape index (κ3) is 2.05. The third-order valence-corrected chi connectivity index (χ3v) is 2.87. The highest BCUT2D eigenvalue weighted by Crippen LogP contribution is 2.32. The Kier molecular flexibility index (Phi) is 2.51. The normalized spacial score (nSPS) is 11.9. The average Bonchev–Trinajstić information content (AvgIpc) is 2.81. The standard InChI is InChI=1S/C13H8F3N3/c14-13(15,16)10-2-1-9-4-6-19(12(9)7-10)11-3-5-17-18-8-11/h1-8H. The number of rotatable bonds is 1. The minimum Gasteiger partial charge on any atom is -0.315 e. The fourth-order valence-corrected chi connectivity index (χ4v) is 1.96. The van der Waals surface area contributed by atoms with Gasteiger partial charge < -0.3 is 4.57 Å². The summed E-state index contributed by atoms with van der Waals surface area (Å²) in [7, 11) is 0. The number of nitrogens with zero attached hydrogens (tertiary/aromatic N) is 3. The smallest absolute Gasteiger partial charge is 0.315 e. The molecule has 0 unspecified atom stereocenters. The van der Waals surface area contributed by atoms with Crippen LogP contribution in [0.15, 0.2) is 48.9 Å². The summed E-state index contributed by atoms with van der Waals surface area (Å²) in [5, 5.41) is 8.11. The minimum atomic E-state index is -4.35. The molecule has 0 bridgehead atoms. The molecule has 0 N–H and O–H groups in total. The number of fused-ring (bicyclic) bond motifs is 1. The van der Waals surface area contributed by atoms with E-state index in [-0.39, 0.29) is 0 Å². The Hall–Kier alpha value is -2.37. The topological polar surface area (TPSA) is 30.7 Å². The molecule has 2 heterocycles. The van der Waals surface area contributed by atoms with Crippen LogP contribution in [0.3, 0.4) is 0 Å². The van der Waals surface area contributed by atoms with Gasteiger partial charge in [0.25, 0.3) is 0 Å². The highest BCUT2D eigenvalue weighted by molar-refractivity contribution is 5.82. The van der Waals surface area contributed by atoms with Gasteiger partial charge in [-0.15, -0.1) is 0 Å². The number of aromatic nitrogens is 3. The van der Waals surface area contributed by atoms with Gasteiger partial charge in [0.15, 0.2) is 0 Å². The largest absolute Gasteiger partial charge is 0.416 e. The molecule has 0 aliphatic heterocycles. The summed E-state index contributed by atoms with van der Waals surface area (Å²) in [6.07, 6.45) is 0.357. The molecule has 96 valence electrons. The van der Waals surface area contributed by atoms with Crippen molar-refractivity contribution < 1.29 is 13.2 Å². The van der Waals surface area contributed by atoms with Crippen LogP contribution in [0.4, 0.5) is 13.2 Å². The number of halogens is 3. The van der Waals surface area contributed by atoms with Crippen LogP contribution < -0.4 is 0 Å². The van der Waals surface area contributed by atoms with Crippen LogP contribution in [-0.4, -0.2) is 14.8 Å². The van der Waals surface area contributed by atoms with Crippen LogP contribution in [0.5, 0.6) is 0 Å². The van der Waals surface area contributed by atoms with Crippen molar-refractivity contribution in [1.29, 1.82) is 0 Å². The van der Waals surface area contributed by atoms with Crippen molar-refractivity contribution in [3.63, 3.8) is 0 Å². The van der Waals surface area contributed by atoms with Crippen LogP contribution in [-0.2, 0) is 6.18 Å². The first-order valence-corrected chi connectivity index (χ1v) is 5.51. The van der Waals surface area contributed by atoms with Crippen molar-refractivity contribution in [1.82, 2.24) is 14.8 Å². The van der Waals surface area contributed by atoms with E-state index in [0.29, 0.717) is 11.2 Å². The SMILES string of the molecule is FC(F)(F)c1ccc2ccn(-c3ccnnc3)c2c1. The van der Waals surface area contributed by atoms with Crippen LogP contribution in [0, 0.1) is 0 Å². The molecule has 0 radical (unpaired) electrons. The summed E-state index contributed by atoms with van der Waals surface area (Å²) in [5.74, 6) is 0. The Morgan fingerprint density at radius 1 is 1.00 bits per heavy atom. The molecule has 0 saturated carbocycles. The molecule has 0 aliphatic carbocycles. The maximum absolute atomic E-state index is 12.7. The number of hydrogen-bond donors (Lipinski definition) is 0. The van der Waals surface area contributed by atoms with Gasteiger partial charge in [0.1, 0.15) is 0 Å². The molecule has 3 aromatic rings. The van der Waals surface area contributed by atoms with E-state index < -0.39 is 11.7 Å². The Labute approximate surface area is 106 Å². The van der Waals surface area contributed by atoms with Gasteiger partial charge >= 0.3 is 6.18 Å². The van der Waals surface area contributed by atoms with Gasteiger partial charge in [-0.1, -0.05) is 6.07 Å². The monoisotopic (exact) mass is 263 g/mol. The first-order chi connectivity index (χ1) is 9.05. The van der Waals surface area contributed by atoms with Crippen molar-refractivity contribution in [2.24, 2.45) is 0 Å². The molecule has 19 heavy (non-hydrogen) atoms. The maximum Gasteiger partial charge on any atom is 0.416 e. The molecular weight excluding hydrogens is 255 g/mol. The van der Waals surface area contributed by atoms with E-state index in [4.69, 9.17) is 0 Å². The maximum atomic E-state index is 12.7. The van der Waals surface area contributed by atoms with Gasteiger partial charge in [-0.25, -0.2) is 0 Å². The highest BCUT2D eigenvalue weighted by Gasteiger charge is 2.30. The second-order valence-corrected chi connectivity index (χ2v) is 4.06. The van der Waals surface area contributed by atoms with Crippen molar-refractivity contribution in [3.8, 4) is 5.69 Å². The summed E-state index contributed by atoms with van der Waals surface area (Å²) in [4.78, 5) is 0. The van der Waals surface area contributed by atoms with Crippen molar-refractivity contribution >= 4 is 10.9 Å². The van der Waals surface area contributed by atoms with Crippen LogP contribution in [0.2, 0.25) is 0 Å². The fourth-order valence-electron chi connectivity index (χ4n) is 1.96. The molecule has 3 rings (SSSR count). The molecule has 3 nitrogen and oxygen atoms in total. The van der Waals surface area contributed by atoms with Crippen molar-refractivity contribution in [2.75, 3.05) is 0 Å². The summed E-state index contributed by atoms with van der Waals surface area (Å²) in [5.41, 5.74) is 0.495. The van der Waals surface area contributed by atoms with E-state index in [0.717, 1.165) is 17.5 Å². The van der Waals surface area contributed by atoms with Gasteiger partial charge in [-0.2, -0.15) is 23.4 Å². The molecule has 2 aromatic heterocycles. The highest BCUT2D eigenvalue weighted by atomic mass is 19.4. The summed E-state index contributed by atoms with van der Waals surface area (Å²) in [6.45, 7) is 0. The van der Waals surface area contributed by atoms with Crippen molar-refractivity contribution in [2.45, 2.75) is 6.18 Å². The lowest BCUT2D eigenvalue weighted by Crippen LogP contribution is -2.04. The molecule has 0 amide bonds. The molecular formula is C13H8F3N3. The zero-order valence-electron chi connectivity index (χ0n) is 9.59. The molecule has 1 aromatic carbocycles. The average molecular weight is 263 g/mol. The summed E-state index contributed by atoms with van der Waals surface area (Å²) >= 11 is 0. The number of alkyl halides is 3. The van der Waals surface area contributed by atoms with Crippen LogP contribution in [0.25, 0.3) is 16.6 Å². The molecule has 0 aliphatic rings. The lowest BCUT2D eigenvalue weighted by molar-refractivity contribution is -0.137. The Morgan fingerprint density at radius 2 is 1.84 bits per heavy atom. The molecule has 0 spiro atoms. The lowest BCUT2D eigenvalue weighted by atomic mass is 10.1. The van der Waals surface area contributed by atoms with Crippen LogP contribution >= 0.6 is 0 Å². The van der Waals surface area contributed by atoms with E-state index in [2.05, 4.69) is 10.2 Å².